The number of nitrogens with zero attached hydrogens (tertiary/aromatic N) is 2. The quantitative estimate of drug-likeness (QED) is 0.456. The largest absolute Gasteiger partial charge is 0.462 e. The fourth-order valence-electron chi connectivity index (χ4n) is 2.49. The van der Waals surface area contributed by atoms with Gasteiger partial charge in [0.2, 0.25) is 5.91 Å². The molecule has 0 atom stereocenters. The minimum Gasteiger partial charge on any atom is -0.462 e. The van der Waals surface area contributed by atoms with E-state index in [0.29, 0.717) is 21.4 Å². The smallest absolute Gasteiger partial charge is 0.340 e. The molecule has 0 fully saturated rings. The van der Waals surface area contributed by atoms with Crippen molar-refractivity contribution in [1.29, 1.82) is 0 Å². The number of carbonyl (C=O) groups excluding carboxylic acids is 2. The summed E-state index contributed by atoms with van der Waals surface area (Å²) in [5, 5.41) is 2.76. The van der Waals surface area contributed by atoms with Gasteiger partial charge in [-0.2, -0.15) is 4.37 Å². The van der Waals surface area contributed by atoms with Crippen LogP contribution >= 0.6 is 23.3 Å². The van der Waals surface area contributed by atoms with E-state index in [0.717, 1.165) is 11.1 Å². The van der Waals surface area contributed by atoms with Crippen molar-refractivity contribution in [2.45, 2.75) is 18.2 Å². The van der Waals surface area contributed by atoms with Crippen molar-refractivity contribution in [2.75, 3.05) is 17.7 Å². The molecule has 0 aliphatic carbocycles. The maximum atomic E-state index is 12.3. The lowest BCUT2D eigenvalue weighted by atomic mass is 10.1. The van der Waals surface area contributed by atoms with Gasteiger partial charge in [-0.3, -0.25) is 4.79 Å². The zero-order valence-corrected chi connectivity index (χ0v) is 17.1. The predicted octanol–water partition coefficient (Wildman–Crippen LogP) is 4.42. The number of hydrogen-bond donors (Lipinski definition) is 1. The zero-order valence-electron chi connectivity index (χ0n) is 15.5. The fraction of sp³-hybridized carbons (Fsp3) is 0.200. The molecule has 8 heteroatoms. The average molecular weight is 414 g/mol. The maximum absolute atomic E-state index is 12.3. The molecule has 3 rings (SSSR count). The van der Waals surface area contributed by atoms with Crippen LogP contribution in [0.1, 0.15) is 22.8 Å². The molecule has 1 heterocycles. The highest BCUT2D eigenvalue weighted by atomic mass is 32.2. The Morgan fingerprint density at radius 2 is 1.89 bits per heavy atom. The number of benzene rings is 2. The first-order valence-electron chi connectivity index (χ1n) is 8.67. The summed E-state index contributed by atoms with van der Waals surface area (Å²) in [6.45, 7) is 4.03. The van der Waals surface area contributed by atoms with Crippen LogP contribution in [-0.2, 0) is 9.53 Å². The molecule has 1 N–H and O–H groups in total. The number of amides is 1. The Labute approximate surface area is 171 Å². The summed E-state index contributed by atoms with van der Waals surface area (Å²) in [6, 6.07) is 14.7. The van der Waals surface area contributed by atoms with Gasteiger partial charge in [0.1, 0.15) is 0 Å². The Morgan fingerprint density at radius 1 is 1.14 bits per heavy atom. The summed E-state index contributed by atoms with van der Waals surface area (Å²) in [5.74, 6) is 0.144. The normalized spacial score (nSPS) is 10.5. The molecule has 0 aliphatic rings. The summed E-state index contributed by atoms with van der Waals surface area (Å²) >= 11 is 2.57. The van der Waals surface area contributed by atoms with Crippen molar-refractivity contribution in [3.8, 4) is 11.4 Å². The number of para-hydroxylation sites is 1. The van der Waals surface area contributed by atoms with E-state index in [9.17, 15) is 9.59 Å². The molecule has 6 nitrogen and oxygen atoms in total. The monoisotopic (exact) mass is 413 g/mol. The highest BCUT2D eigenvalue weighted by molar-refractivity contribution is 8.01. The second-order valence-corrected chi connectivity index (χ2v) is 7.78. The first-order chi connectivity index (χ1) is 13.6. The third kappa shape index (κ3) is 4.96. The first kappa shape index (κ1) is 20.0. The van der Waals surface area contributed by atoms with Crippen molar-refractivity contribution in [1.82, 2.24) is 9.36 Å². The molecule has 0 saturated heterocycles. The molecule has 0 radical (unpaired) electrons. The Hall–Kier alpha value is -2.71. The summed E-state index contributed by atoms with van der Waals surface area (Å²) in [5.41, 5.74) is 2.86. The number of hydrogen-bond acceptors (Lipinski definition) is 7. The SMILES string of the molecule is CCOC(=O)c1ccccc1NC(=O)CSc1nc(-c2ccccc2C)ns1. The van der Waals surface area contributed by atoms with E-state index in [1.807, 2.05) is 31.2 Å². The number of esters is 1. The molecule has 0 bridgehead atoms. The topological polar surface area (TPSA) is 81.2 Å². The van der Waals surface area contributed by atoms with Gasteiger partial charge in [0.25, 0.3) is 0 Å². The van der Waals surface area contributed by atoms with Crippen LogP contribution < -0.4 is 5.32 Å². The van der Waals surface area contributed by atoms with Gasteiger partial charge in [0, 0.05) is 5.56 Å². The van der Waals surface area contributed by atoms with E-state index >= 15 is 0 Å². The Morgan fingerprint density at radius 3 is 2.68 bits per heavy atom. The molecule has 28 heavy (non-hydrogen) atoms. The van der Waals surface area contributed by atoms with Crippen LogP contribution in [0.5, 0.6) is 0 Å². The van der Waals surface area contributed by atoms with E-state index in [2.05, 4.69) is 14.7 Å². The van der Waals surface area contributed by atoms with Crippen LogP contribution in [0, 0.1) is 6.92 Å². The van der Waals surface area contributed by atoms with Gasteiger partial charge in [0.05, 0.1) is 23.6 Å². The Kier molecular flexibility index (Phi) is 6.78. The number of thioether (sulfide) groups is 1. The number of aromatic nitrogens is 2. The average Bonchev–Trinajstić information content (AvgIpc) is 3.16. The summed E-state index contributed by atoms with van der Waals surface area (Å²) in [6.07, 6.45) is 0. The van der Waals surface area contributed by atoms with Crippen LogP contribution in [0.3, 0.4) is 0 Å². The number of ether oxygens (including phenoxy) is 1. The lowest BCUT2D eigenvalue weighted by molar-refractivity contribution is -0.113. The molecule has 1 aromatic heterocycles. The van der Waals surface area contributed by atoms with Gasteiger partial charge in [0.15, 0.2) is 10.2 Å². The maximum Gasteiger partial charge on any atom is 0.340 e. The lowest BCUT2D eigenvalue weighted by Crippen LogP contribution is -2.17. The van der Waals surface area contributed by atoms with Gasteiger partial charge in [-0.25, -0.2) is 9.78 Å². The Bertz CT molecular complexity index is 988. The predicted molar refractivity (Wildman–Crippen MR) is 112 cm³/mol. The van der Waals surface area contributed by atoms with E-state index in [-0.39, 0.29) is 18.3 Å². The van der Waals surface area contributed by atoms with Crippen LogP contribution in [-0.4, -0.2) is 33.6 Å². The van der Waals surface area contributed by atoms with Crippen LogP contribution in [0.2, 0.25) is 0 Å². The fourth-order valence-corrected chi connectivity index (χ4v) is 3.90. The lowest BCUT2D eigenvalue weighted by Gasteiger charge is -2.09. The molecule has 144 valence electrons. The van der Waals surface area contributed by atoms with E-state index < -0.39 is 5.97 Å². The van der Waals surface area contributed by atoms with Crippen LogP contribution in [0.4, 0.5) is 5.69 Å². The number of rotatable bonds is 7. The minimum absolute atomic E-state index is 0.166. The standard InChI is InChI=1S/C20H19N3O3S2/c1-3-26-19(25)15-10-6-7-11-16(15)21-17(24)12-27-20-22-18(23-28-20)14-9-5-4-8-13(14)2/h4-11H,3,12H2,1-2H3,(H,21,24). The summed E-state index contributed by atoms with van der Waals surface area (Å²) < 4.78 is 10.1. The van der Waals surface area contributed by atoms with Gasteiger partial charge in [-0.15, -0.1) is 0 Å². The molecular weight excluding hydrogens is 394 g/mol. The van der Waals surface area contributed by atoms with Gasteiger partial charge in [-0.05, 0) is 43.1 Å². The summed E-state index contributed by atoms with van der Waals surface area (Å²) in [4.78, 5) is 28.8. The van der Waals surface area contributed by atoms with Crippen molar-refractivity contribution in [3.63, 3.8) is 0 Å². The van der Waals surface area contributed by atoms with Crippen LogP contribution in [0.25, 0.3) is 11.4 Å². The molecule has 0 aliphatic heterocycles. The first-order valence-corrected chi connectivity index (χ1v) is 10.4. The Balaban J connectivity index is 1.62. The molecule has 0 saturated carbocycles. The number of carbonyl (C=O) groups is 2. The molecule has 0 unspecified atom stereocenters. The van der Waals surface area contributed by atoms with Crippen molar-refractivity contribution in [3.05, 3.63) is 59.7 Å². The van der Waals surface area contributed by atoms with E-state index in [4.69, 9.17) is 4.74 Å². The van der Waals surface area contributed by atoms with Crippen molar-refractivity contribution in [2.24, 2.45) is 0 Å². The van der Waals surface area contributed by atoms with Crippen molar-refractivity contribution >= 4 is 40.9 Å². The second kappa shape index (κ2) is 9.48. The van der Waals surface area contributed by atoms with Gasteiger partial charge < -0.3 is 10.1 Å². The molecule has 3 aromatic rings. The molecule has 2 aromatic carbocycles. The second-order valence-electron chi connectivity index (χ2n) is 5.80. The third-order valence-corrected chi connectivity index (χ3v) is 5.65. The number of nitrogens with one attached hydrogen (secondary N) is 1. The van der Waals surface area contributed by atoms with Crippen LogP contribution in [0.15, 0.2) is 52.9 Å². The third-order valence-electron chi connectivity index (χ3n) is 3.82. The highest BCUT2D eigenvalue weighted by Gasteiger charge is 2.15. The van der Waals surface area contributed by atoms with Gasteiger partial charge in [-0.1, -0.05) is 48.2 Å². The molecular formula is C20H19N3O3S2. The summed E-state index contributed by atoms with van der Waals surface area (Å²) in [7, 11) is 0. The number of aryl methyl sites for hydroxylation is 1. The minimum atomic E-state index is -0.460. The zero-order chi connectivity index (χ0) is 19.9. The highest BCUT2D eigenvalue weighted by Crippen LogP contribution is 2.27. The van der Waals surface area contributed by atoms with Gasteiger partial charge >= 0.3 is 5.97 Å². The molecule has 1 amide bonds. The molecule has 0 spiro atoms. The van der Waals surface area contributed by atoms with Crippen molar-refractivity contribution < 1.29 is 14.3 Å². The number of anilines is 1. The van der Waals surface area contributed by atoms with E-state index in [1.165, 1.54) is 23.3 Å². The van der Waals surface area contributed by atoms with E-state index in [1.54, 1.807) is 31.2 Å².